The van der Waals surface area contributed by atoms with Crippen LogP contribution in [0.5, 0.6) is 5.75 Å². The van der Waals surface area contributed by atoms with E-state index in [0.29, 0.717) is 17.0 Å². The number of fused-ring (bicyclic) bond motifs is 1. The number of nitrogens with one attached hydrogen (secondary N) is 1. The van der Waals surface area contributed by atoms with Crippen molar-refractivity contribution in [1.29, 1.82) is 0 Å². The highest BCUT2D eigenvalue weighted by atomic mass is 35.5. The van der Waals surface area contributed by atoms with Crippen molar-refractivity contribution < 1.29 is 13.5 Å². The first-order valence-electron chi connectivity index (χ1n) is 6.22. The highest BCUT2D eigenvalue weighted by Crippen LogP contribution is 2.39. The SMILES string of the molecule is CC1Nc2cc(Cl)c(F)cc2OC1c1cccc(F)c1. The number of hydrogen-bond donors (Lipinski definition) is 1. The third kappa shape index (κ3) is 2.31. The van der Waals surface area contributed by atoms with Crippen LogP contribution in [0.4, 0.5) is 14.5 Å². The first-order chi connectivity index (χ1) is 9.54. The van der Waals surface area contributed by atoms with Crippen LogP contribution in [-0.4, -0.2) is 6.04 Å². The summed E-state index contributed by atoms with van der Waals surface area (Å²) in [6.45, 7) is 1.91. The molecular weight excluding hydrogens is 284 g/mol. The predicted octanol–water partition coefficient (Wildman–Crippen LogP) is 4.55. The lowest BCUT2D eigenvalue weighted by atomic mass is 10.0. The Balaban J connectivity index is 1.98. The zero-order valence-corrected chi connectivity index (χ0v) is 11.4. The maximum absolute atomic E-state index is 13.5. The molecule has 0 amide bonds. The first kappa shape index (κ1) is 13.2. The molecule has 0 spiro atoms. The average Bonchev–Trinajstić information content (AvgIpc) is 2.40. The zero-order chi connectivity index (χ0) is 14.3. The lowest BCUT2D eigenvalue weighted by Crippen LogP contribution is -2.32. The van der Waals surface area contributed by atoms with Crippen molar-refractivity contribution in [2.75, 3.05) is 5.32 Å². The Morgan fingerprint density at radius 1 is 1.20 bits per heavy atom. The van der Waals surface area contributed by atoms with Gasteiger partial charge in [0.05, 0.1) is 16.8 Å². The van der Waals surface area contributed by atoms with E-state index < -0.39 is 11.9 Å². The highest BCUT2D eigenvalue weighted by molar-refractivity contribution is 6.31. The van der Waals surface area contributed by atoms with E-state index in [-0.39, 0.29) is 16.9 Å². The van der Waals surface area contributed by atoms with Crippen LogP contribution >= 0.6 is 11.6 Å². The second kappa shape index (κ2) is 4.94. The average molecular weight is 296 g/mol. The van der Waals surface area contributed by atoms with Crippen LogP contribution < -0.4 is 10.1 Å². The van der Waals surface area contributed by atoms with Gasteiger partial charge in [0.15, 0.2) is 0 Å². The molecule has 5 heteroatoms. The van der Waals surface area contributed by atoms with E-state index in [9.17, 15) is 8.78 Å². The van der Waals surface area contributed by atoms with Gasteiger partial charge in [0.25, 0.3) is 0 Å². The molecule has 1 heterocycles. The van der Waals surface area contributed by atoms with Gasteiger partial charge in [-0.2, -0.15) is 0 Å². The standard InChI is InChI=1S/C15H12ClF2NO/c1-8-15(9-3-2-4-10(17)5-9)20-14-7-12(18)11(16)6-13(14)19-8/h2-8,15,19H,1H3. The van der Waals surface area contributed by atoms with Gasteiger partial charge in [-0.15, -0.1) is 0 Å². The molecule has 0 aromatic heterocycles. The van der Waals surface area contributed by atoms with Gasteiger partial charge in [0, 0.05) is 6.07 Å². The zero-order valence-electron chi connectivity index (χ0n) is 10.7. The molecule has 0 fully saturated rings. The van der Waals surface area contributed by atoms with E-state index in [1.165, 1.54) is 24.3 Å². The molecular formula is C15H12ClF2NO. The van der Waals surface area contributed by atoms with Crippen LogP contribution in [0.15, 0.2) is 36.4 Å². The maximum atomic E-state index is 13.5. The van der Waals surface area contributed by atoms with Crippen LogP contribution in [0.25, 0.3) is 0 Å². The van der Waals surface area contributed by atoms with Crippen LogP contribution in [0, 0.1) is 11.6 Å². The summed E-state index contributed by atoms with van der Waals surface area (Å²) in [5, 5.41) is 3.24. The molecule has 0 bridgehead atoms. The number of halogens is 3. The topological polar surface area (TPSA) is 21.3 Å². The van der Waals surface area contributed by atoms with E-state index in [0.717, 1.165) is 0 Å². The van der Waals surface area contributed by atoms with Gasteiger partial charge < -0.3 is 10.1 Å². The summed E-state index contributed by atoms with van der Waals surface area (Å²) in [5.41, 5.74) is 1.34. The van der Waals surface area contributed by atoms with Crippen LogP contribution in [0.3, 0.4) is 0 Å². The van der Waals surface area contributed by atoms with Gasteiger partial charge in [-0.3, -0.25) is 0 Å². The van der Waals surface area contributed by atoms with Gasteiger partial charge in [-0.05, 0) is 30.7 Å². The second-order valence-corrected chi connectivity index (χ2v) is 5.20. The third-order valence-electron chi connectivity index (χ3n) is 3.29. The third-order valence-corrected chi connectivity index (χ3v) is 3.58. The smallest absolute Gasteiger partial charge is 0.146 e. The van der Waals surface area contributed by atoms with Crippen molar-refractivity contribution >= 4 is 17.3 Å². The van der Waals surface area contributed by atoms with Crippen LogP contribution in [-0.2, 0) is 0 Å². The molecule has 0 saturated carbocycles. The Labute approximate surface area is 120 Å². The van der Waals surface area contributed by atoms with Gasteiger partial charge in [-0.25, -0.2) is 8.78 Å². The molecule has 104 valence electrons. The van der Waals surface area contributed by atoms with E-state index >= 15 is 0 Å². The fourth-order valence-corrected chi connectivity index (χ4v) is 2.50. The molecule has 2 atom stereocenters. The van der Waals surface area contributed by atoms with Gasteiger partial charge in [0.2, 0.25) is 0 Å². The normalized spacial score (nSPS) is 20.8. The summed E-state index contributed by atoms with van der Waals surface area (Å²) < 4.78 is 32.6. The van der Waals surface area contributed by atoms with E-state index in [1.54, 1.807) is 12.1 Å². The second-order valence-electron chi connectivity index (χ2n) is 4.79. The molecule has 20 heavy (non-hydrogen) atoms. The van der Waals surface area contributed by atoms with Crippen LogP contribution in [0.2, 0.25) is 5.02 Å². The molecule has 3 rings (SSSR count). The van der Waals surface area contributed by atoms with E-state index in [1.807, 2.05) is 6.92 Å². The summed E-state index contributed by atoms with van der Waals surface area (Å²) >= 11 is 5.75. The van der Waals surface area contributed by atoms with Gasteiger partial charge in [0.1, 0.15) is 23.5 Å². The number of benzene rings is 2. The Hall–Kier alpha value is -1.81. The summed E-state index contributed by atoms with van der Waals surface area (Å²) in [6.07, 6.45) is -0.390. The minimum Gasteiger partial charge on any atom is -0.481 e. The monoisotopic (exact) mass is 295 g/mol. The summed E-state index contributed by atoms with van der Waals surface area (Å²) in [6, 6.07) is 8.83. The largest absolute Gasteiger partial charge is 0.481 e. The van der Waals surface area contributed by atoms with E-state index in [4.69, 9.17) is 16.3 Å². The molecule has 2 aromatic carbocycles. The summed E-state index contributed by atoms with van der Waals surface area (Å²) in [4.78, 5) is 0. The quantitative estimate of drug-likeness (QED) is 0.833. The molecule has 1 N–H and O–H groups in total. The fourth-order valence-electron chi connectivity index (χ4n) is 2.34. The molecule has 1 aliphatic rings. The Kier molecular flexibility index (Phi) is 3.26. The Morgan fingerprint density at radius 3 is 2.75 bits per heavy atom. The van der Waals surface area contributed by atoms with E-state index in [2.05, 4.69) is 5.32 Å². The highest BCUT2D eigenvalue weighted by Gasteiger charge is 2.28. The number of hydrogen-bond acceptors (Lipinski definition) is 2. The summed E-state index contributed by atoms with van der Waals surface area (Å²) in [7, 11) is 0. The van der Waals surface area contributed by atoms with Gasteiger partial charge in [-0.1, -0.05) is 23.7 Å². The lowest BCUT2D eigenvalue weighted by molar-refractivity contribution is 0.176. The molecule has 2 unspecified atom stereocenters. The first-order valence-corrected chi connectivity index (χ1v) is 6.60. The number of rotatable bonds is 1. The van der Waals surface area contributed by atoms with Crippen molar-refractivity contribution in [2.45, 2.75) is 19.1 Å². The predicted molar refractivity (Wildman–Crippen MR) is 74.3 cm³/mol. The van der Waals surface area contributed by atoms with Crippen molar-refractivity contribution in [2.24, 2.45) is 0 Å². The van der Waals surface area contributed by atoms with Crippen molar-refractivity contribution in [3.63, 3.8) is 0 Å². The lowest BCUT2D eigenvalue weighted by Gasteiger charge is -2.33. The minimum absolute atomic E-state index is 0.0382. The maximum Gasteiger partial charge on any atom is 0.146 e. The van der Waals surface area contributed by atoms with Crippen LogP contribution in [0.1, 0.15) is 18.6 Å². The number of ether oxygens (including phenoxy) is 1. The molecule has 2 aromatic rings. The summed E-state index contributed by atoms with van der Waals surface area (Å²) in [5.74, 6) is -0.495. The Morgan fingerprint density at radius 2 is 2.00 bits per heavy atom. The molecule has 2 nitrogen and oxygen atoms in total. The molecule has 0 saturated heterocycles. The van der Waals surface area contributed by atoms with Crippen molar-refractivity contribution in [3.8, 4) is 5.75 Å². The Bertz CT molecular complexity index is 662. The molecule has 1 aliphatic heterocycles. The van der Waals surface area contributed by atoms with Crippen molar-refractivity contribution in [1.82, 2.24) is 0 Å². The van der Waals surface area contributed by atoms with Gasteiger partial charge >= 0.3 is 0 Å². The molecule has 0 radical (unpaired) electrons. The van der Waals surface area contributed by atoms with Crippen molar-refractivity contribution in [3.05, 3.63) is 58.6 Å². The fraction of sp³-hybridized carbons (Fsp3) is 0.200. The number of anilines is 1. The minimum atomic E-state index is -0.542. The molecule has 0 aliphatic carbocycles.